The van der Waals surface area contributed by atoms with E-state index in [-0.39, 0.29) is 24.5 Å². The van der Waals surface area contributed by atoms with E-state index in [0.717, 1.165) is 0 Å². The summed E-state index contributed by atoms with van der Waals surface area (Å²) in [7, 11) is 0. The number of rotatable bonds is 5. The molecule has 9 heteroatoms. The van der Waals surface area contributed by atoms with E-state index in [1.54, 1.807) is 69.3 Å². The van der Waals surface area contributed by atoms with Crippen molar-refractivity contribution in [1.29, 1.82) is 0 Å². The van der Waals surface area contributed by atoms with Crippen molar-refractivity contribution in [2.75, 3.05) is 0 Å². The molecule has 228 valence electrons. The SMILES string of the molecule is CC(=O)O[C@@H]1CC(=O)C(C)(C)/C=C/[C@H](C)[C@H](OC(C)=O)[C@@]2(OC(C)=O)C[C@@H](C)[C@H](OC(=O)c3ccccc3)[C@@H]2/C=C/1C. The summed E-state index contributed by atoms with van der Waals surface area (Å²) in [6, 6.07) is 8.52. The Balaban J connectivity index is 2.29. The number of hydrogen-bond acceptors (Lipinski definition) is 9. The third-order valence-corrected chi connectivity index (χ3v) is 8.12. The highest BCUT2D eigenvalue weighted by molar-refractivity contribution is 5.89. The number of fused-ring (bicyclic) bond motifs is 1. The van der Waals surface area contributed by atoms with Gasteiger partial charge in [0.05, 0.1) is 11.5 Å². The minimum atomic E-state index is -1.45. The van der Waals surface area contributed by atoms with Crippen LogP contribution in [-0.2, 0) is 38.1 Å². The van der Waals surface area contributed by atoms with Gasteiger partial charge in [0.15, 0.2) is 5.60 Å². The Hall–Kier alpha value is -3.75. The number of carbonyl (C=O) groups excluding carboxylic acids is 5. The molecule has 0 spiro atoms. The molecule has 7 atom stereocenters. The van der Waals surface area contributed by atoms with Crippen molar-refractivity contribution >= 4 is 29.7 Å². The van der Waals surface area contributed by atoms with Crippen LogP contribution in [0.4, 0.5) is 0 Å². The molecule has 0 N–H and O–H groups in total. The summed E-state index contributed by atoms with van der Waals surface area (Å²) in [5.41, 5.74) is -1.51. The largest absolute Gasteiger partial charge is 0.458 e. The predicted octanol–water partition coefficient (Wildman–Crippen LogP) is 5.17. The van der Waals surface area contributed by atoms with E-state index in [4.69, 9.17) is 18.9 Å². The van der Waals surface area contributed by atoms with Crippen molar-refractivity contribution in [1.82, 2.24) is 0 Å². The molecule has 42 heavy (non-hydrogen) atoms. The summed E-state index contributed by atoms with van der Waals surface area (Å²) in [5.74, 6) is -4.12. The number of carbonyl (C=O) groups is 5. The Morgan fingerprint density at radius 2 is 1.50 bits per heavy atom. The normalized spacial score (nSPS) is 33.0. The minimum absolute atomic E-state index is 0.0850. The van der Waals surface area contributed by atoms with E-state index in [1.165, 1.54) is 20.8 Å². The quantitative estimate of drug-likeness (QED) is 0.263. The van der Waals surface area contributed by atoms with Crippen molar-refractivity contribution in [3.8, 4) is 0 Å². The number of ketones is 1. The molecule has 9 nitrogen and oxygen atoms in total. The number of ether oxygens (including phenoxy) is 4. The fraction of sp³-hybridized carbons (Fsp3) is 0.545. The van der Waals surface area contributed by atoms with Crippen LogP contribution >= 0.6 is 0 Å². The van der Waals surface area contributed by atoms with E-state index in [9.17, 15) is 24.0 Å². The zero-order valence-corrected chi connectivity index (χ0v) is 25.7. The molecular formula is C33H42O9. The van der Waals surface area contributed by atoms with Gasteiger partial charge in [-0.15, -0.1) is 0 Å². The first-order chi connectivity index (χ1) is 19.6. The monoisotopic (exact) mass is 582 g/mol. The number of esters is 4. The molecule has 1 fully saturated rings. The lowest BCUT2D eigenvalue weighted by atomic mass is 9.75. The predicted molar refractivity (Wildman–Crippen MR) is 154 cm³/mol. The highest BCUT2D eigenvalue weighted by Crippen LogP contribution is 2.51. The van der Waals surface area contributed by atoms with E-state index >= 15 is 0 Å². The Morgan fingerprint density at radius 1 is 0.881 bits per heavy atom. The fourth-order valence-electron chi connectivity index (χ4n) is 6.05. The third kappa shape index (κ3) is 7.36. The molecule has 1 aromatic carbocycles. The van der Waals surface area contributed by atoms with Gasteiger partial charge < -0.3 is 18.9 Å². The molecule has 0 aromatic heterocycles. The second-order valence-electron chi connectivity index (χ2n) is 12.1. The molecule has 3 rings (SSSR count). The van der Waals surface area contributed by atoms with E-state index in [2.05, 4.69) is 0 Å². The van der Waals surface area contributed by atoms with Gasteiger partial charge in [0.25, 0.3) is 0 Å². The first-order valence-electron chi connectivity index (χ1n) is 14.3. The van der Waals surface area contributed by atoms with Crippen molar-refractivity contribution in [2.24, 2.45) is 23.2 Å². The number of hydrogen-bond donors (Lipinski definition) is 0. The van der Waals surface area contributed by atoms with Gasteiger partial charge in [0.1, 0.15) is 24.1 Å². The maximum atomic E-state index is 13.4. The van der Waals surface area contributed by atoms with Crippen LogP contribution in [0.2, 0.25) is 0 Å². The summed E-state index contributed by atoms with van der Waals surface area (Å²) in [6.07, 6.45) is 2.67. The van der Waals surface area contributed by atoms with Crippen LogP contribution < -0.4 is 0 Å². The second kappa shape index (κ2) is 13.0. The number of Topliss-reactive ketones (excluding diaryl/α,β-unsaturated/α-hetero) is 1. The first kappa shape index (κ1) is 32.8. The summed E-state index contributed by atoms with van der Waals surface area (Å²) >= 11 is 0. The zero-order chi connectivity index (χ0) is 31.4. The van der Waals surface area contributed by atoms with Gasteiger partial charge in [-0.3, -0.25) is 19.2 Å². The van der Waals surface area contributed by atoms with Crippen LogP contribution in [0.3, 0.4) is 0 Å². The first-order valence-corrected chi connectivity index (χ1v) is 14.3. The van der Waals surface area contributed by atoms with E-state index in [1.807, 2.05) is 13.8 Å². The number of allylic oxidation sites excluding steroid dienone is 1. The van der Waals surface area contributed by atoms with Crippen molar-refractivity contribution in [2.45, 2.75) is 92.1 Å². The molecule has 0 saturated heterocycles. The smallest absolute Gasteiger partial charge is 0.338 e. The maximum Gasteiger partial charge on any atom is 0.338 e. The van der Waals surface area contributed by atoms with Gasteiger partial charge in [-0.25, -0.2) is 4.79 Å². The number of benzene rings is 1. The Bertz CT molecular complexity index is 1260. The molecule has 2 aliphatic rings. The van der Waals surface area contributed by atoms with Crippen LogP contribution in [0.1, 0.15) is 78.6 Å². The molecule has 0 bridgehead atoms. The lowest BCUT2D eigenvalue weighted by Crippen LogP contribution is -2.55. The van der Waals surface area contributed by atoms with Gasteiger partial charge in [0.2, 0.25) is 0 Å². The van der Waals surface area contributed by atoms with Gasteiger partial charge in [-0.2, -0.15) is 0 Å². The van der Waals surface area contributed by atoms with Crippen LogP contribution in [0.5, 0.6) is 0 Å². The van der Waals surface area contributed by atoms with Crippen molar-refractivity contribution in [3.05, 3.63) is 59.7 Å². The summed E-state index contributed by atoms with van der Waals surface area (Å²) < 4.78 is 23.8. The molecule has 0 radical (unpaired) electrons. The summed E-state index contributed by atoms with van der Waals surface area (Å²) in [5, 5.41) is 0. The molecule has 1 aromatic rings. The Labute approximate surface area is 247 Å². The van der Waals surface area contributed by atoms with Gasteiger partial charge in [0, 0.05) is 38.5 Å². The minimum Gasteiger partial charge on any atom is -0.458 e. The van der Waals surface area contributed by atoms with Crippen molar-refractivity contribution < 1.29 is 42.9 Å². The maximum absolute atomic E-state index is 13.4. The molecule has 1 saturated carbocycles. The molecular weight excluding hydrogens is 540 g/mol. The van der Waals surface area contributed by atoms with Gasteiger partial charge in [-0.1, -0.05) is 50.3 Å². The Morgan fingerprint density at radius 3 is 2.07 bits per heavy atom. The Kier molecular flexibility index (Phi) is 10.2. The zero-order valence-electron chi connectivity index (χ0n) is 25.7. The van der Waals surface area contributed by atoms with Crippen LogP contribution in [0.25, 0.3) is 0 Å². The average molecular weight is 583 g/mol. The van der Waals surface area contributed by atoms with Gasteiger partial charge >= 0.3 is 23.9 Å². The highest BCUT2D eigenvalue weighted by atomic mass is 16.6. The van der Waals surface area contributed by atoms with Crippen LogP contribution in [0.15, 0.2) is 54.1 Å². The molecule has 2 aliphatic carbocycles. The van der Waals surface area contributed by atoms with Crippen molar-refractivity contribution in [3.63, 3.8) is 0 Å². The summed E-state index contributed by atoms with van der Waals surface area (Å²) in [4.78, 5) is 64.0. The average Bonchev–Trinajstić information content (AvgIpc) is 3.14. The lowest BCUT2D eigenvalue weighted by Gasteiger charge is -2.43. The van der Waals surface area contributed by atoms with Crippen LogP contribution in [0, 0.1) is 23.2 Å². The molecule has 0 unspecified atom stereocenters. The molecule has 0 aliphatic heterocycles. The lowest BCUT2D eigenvalue weighted by molar-refractivity contribution is -0.195. The van der Waals surface area contributed by atoms with E-state index < -0.39 is 65.0 Å². The highest BCUT2D eigenvalue weighted by Gasteiger charge is 2.62. The standard InChI is InChI=1S/C33H42O9/c1-19-14-15-32(7,8)28(37)17-27(39-22(4)34)20(2)16-26-29(41-31(38)25-12-10-9-11-13-25)21(3)18-33(26,42-24(6)36)30(19)40-23(5)35/h9-16,19,21,26-27,29-30H,17-18H2,1-8H3/b15-14+,20-16+/t19-,21+,26-,27+,29-,30-,33+/m0/s1. The summed E-state index contributed by atoms with van der Waals surface area (Å²) in [6.45, 7) is 12.8. The topological polar surface area (TPSA) is 122 Å². The fourth-order valence-corrected chi connectivity index (χ4v) is 6.05. The third-order valence-electron chi connectivity index (χ3n) is 8.12. The molecule has 0 heterocycles. The molecule has 0 amide bonds. The van der Waals surface area contributed by atoms with Crippen LogP contribution in [-0.4, -0.2) is 53.6 Å². The van der Waals surface area contributed by atoms with E-state index in [0.29, 0.717) is 11.1 Å². The second-order valence-corrected chi connectivity index (χ2v) is 12.1. The van der Waals surface area contributed by atoms with Gasteiger partial charge in [-0.05, 0) is 50.8 Å².